The number of hydrogen-bond donors (Lipinski definition) is 1. The quantitative estimate of drug-likeness (QED) is 0.829. The van der Waals surface area contributed by atoms with Crippen molar-refractivity contribution in [3.05, 3.63) is 11.3 Å². The Hall–Kier alpha value is -1.63. The van der Waals surface area contributed by atoms with Crippen LogP contribution in [0, 0.1) is 6.92 Å². The number of carbonyl (C=O) groups excluding carboxylic acids is 1. The highest BCUT2D eigenvalue weighted by Crippen LogP contribution is 2.27. The molecule has 1 aromatic heterocycles. The molecule has 0 bridgehead atoms. The summed E-state index contributed by atoms with van der Waals surface area (Å²) < 4.78 is 8.37. The van der Waals surface area contributed by atoms with Crippen LogP contribution in [0.15, 0.2) is 0 Å². The van der Waals surface area contributed by atoms with E-state index in [1.807, 2.05) is 0 Å². The Balaban J connectivity index is 3.14. The van der Waals surface area contributed by atoms with Crippen molar-refractivity contribution >= 4 is 28.6 Å². The number of hydrogen-bond acceptors (Lipinski definition) is 5. The number of nitrogens with zero attached hydrogens (tertiary/aromatic N) is 2. The number of carboxylic acids is 1. The van der Waals surface area contributed by atoms with Gasteiger partial charge in [-0.25, -0.2) is 9.59 Å². The van der Waals surface area contributed by atoms with E-state index < -0.39 is 12.1 Å². The summed E-state index contributed by atoms with van der Waals surface area (Å²) >= 11 is 0.951. The van der Waals surface area contributed by atoms with E-state index in [-0.39, 0.29) is 10.6 Å². The molecule has 15 heavy (non-hydrogen) atoms. The van der Waals surface area contributed by atoms with Gasteiger partial charge in [0.25, 0.3) is 0 Å². The van der Waals surface area contributed by atoms with Crippen LogP contribution in [0.25, 0.3) is 0 Å². The third-order valence-electron chi connectivity index (χ3n) is 1.81. The molecule has 0 aliphatic heterocycles. The van der Waals surface area contributed by atoms with Gasteiger partial charge < -0.3 is 9.84 Å². The van der Waals surface area contributed by atoms with Gasteiger partial charge in [-0.2, -0.15) is 4.37 Å². The fourth-order valence-electron chi connectivity index (χ4n) is 1.05. The maximum Gasteiger partial charge on any atom is 0.414 e. The van der Waals surface area contributed by atoms with Crippen LogP contribution in [0.3, 0.4) is 0 Å². The third-order valence-corrected chi connectivity index (χ3v) is 2.83. The number of aromatic carboxylic acids is 1. The van der Waals surface area contributed by atoms with Gasteiger partial charge in [0.1, 0.15) is 10.6 Å². The summed E-state index contributed by atoms with van der Waals surface area (Å²) in [5, 5.41) is 9.20. The number of methoxy groups -OCH3 is 1. The first-order chi connectivity index (χ1) is 6.99. The maximum absolute atomic E-state index is 11.2. The van der Waals surface area contributed by atoms with Crippen LogP contribution < -0.4 is 4.90 Å². The highest BCUT2D eigenvalue weighted by atomic mass is 32.1. The lowest BCUT2D eigenvalue weighted by molar-refractivity contribution is 0.0697. The van der Waals surface area contributed by atoms with Crippen LogP contribution >= 0.6 is 11.5 Å². The van der Waals surface area contributed by atoms with E-state index in [2.05, 4.69) is 9.11 Å². The molecule has 0 radical (unpaired) electrons. The lowest BCUT2D eigenvalue weighted by Gasteiger charge is -2.13. The molecule has 1 heterocycles. The Bertz CT molecular complexity index is 401. The number of carboxylic acid groups (broad SMARTS) is 1. The zero-order valence-corrected chi connectivity index (χ0v) is 9.29. The monoisotopic (exact) mass is 230 g/mol. The molecule has 0 saturated heterocycles. The normalized spacial score (nSPS) is 9.80. The van der Waals surface area contributed by atoms with Gasteiger partial charge in [0.15, 0.2) is 0 Å². The first-order valence-electron chi connectivity index (χ1n) is 4.00. The molecule has 7 heteroatoms. The number of aromatic nitrogens is 1. The van der Waals surface area contributed by atoms with Crippen LogP contribution in [0.5, 0.6) is 0 Å². The number of aryl methyl sites for hydroxylation is 1. The van der Waals surface area contributed by atoms with Crippen molar-refractivity contribution in [2.24, 2.45) is 0 Å². The van der Waals surface area contributed by atoms with Crippen molar-refractivity contribution in [1.82, 2.24) is 4.37 Å². The molecule has 0 spiro atoms. The Morgan fingerprint density at radius 2 is 2.13 bits per heavy atom. The molecule has 0 aromatic carbocycles. The molecule has 1 N–H and O–H groups in total. The van der Waals surface area contributed by atoms with E-state index in [1.54, 1.807) is 6.92 Å². The minimum Gasteiger partial charge on any atom is -0.478 e. The minimum atomic E-state index is -1.10. The van der Waals surface area contributed by atoms with E-state index in [4.69, 9.17) is 5.11 Å². The van der Waals surface area contributed by atoms with Gasteiger partial charge in [-0.1, -0.05) is 0 Å². The first-order valence-corrected chi connectivity index (χ1v) is 4.77. The smallest absolute Gasteiger partial charge is 0.414 e. The van der Waals surface area contributed by atoms with Crippen molar-refractivity contribution < 1.29 is 19.4 Å². The van der Waals surface area contributed by atoms with Crippen LogP contribution in [0.1, 0.15) is 16.1 Å². The van der Waals surface area contributed by atoms with Gasteiger partial charge in [-0.3, -0.25) is 4.90 Å². The van der Waals surface area contributed by atoms with E-state index in [0.29, 0.717) is 5.69 Å². The van der Waals surface area contributed by atoms with E-state index in [0.717, 1.165) is 16.4 Å². The summed E-state index contributed by atoms with van der Waals surface area (Å²) in [6, 6.07) is 0. The predicted molar refractivity (Wildman–Crippen MR) is 54.6 cm³/mol. The summed E-state index contributed by atoms with van der Waals surface area (Å²) in [5.41, 5.74) is 0.422. The fourth-order valence-corrected chi connectivity index (χ4v) is 1.89. The second-order valence-corrected chi connectivity index (χ2v) is 3.53. The lowest BCUT2D eigenvalue weighted by Crippen LogP contribution is -2.26. The molecule has 0 saturated carbocycles. The highest BCUT2D eigenvalue weighted by Gasteiger charge is 2.23. The molecule has 0 atom stereocenters. The van der Waals surface area contributed by atoms with Gasteiger partial charge in [0.2, 0.25) is 0 Å². The molecular formula is C8H10N2O4S. The summed E-state index contributed by atoms with van der Waals surface area (Å²) in [5.74, 6) is -1.10. The van der Waals surface area contributed by atoms with Gasteiger partial charge in [0.05, 0.1) is 12.8 Å². The molecule has 6 nitrogen and oxygen atoms in total. The number of anilines is 1. The minimum absolute atomic E-state index is 0.0351. The summed E-state index contributed by atoms with van der Waals surface area (Å²) in [7, 11) is 2.67. The van der Waals surface area contributed by atoms with E-state index in [9.17, 15) is 9.59 Å². The summed E-state index contributed by atoms with van der Waals surface area (Å²) in [4.78, 5) is 23.2. The van der Waals surface area contributed by atoms with Gasteiger partial charge >= 0.3 is 12.1 Å². The Morgan fingerprint density at radius 1 is 1.53 bits per heavy atom. The Labute approximate surface area is 90.2 Å². The SMILES string of the molecule is COC(=O)N(C)c1snc(C)c1C(=O)O. The van der Waals surface area contributed by atoms with Crippen LogP contribution in [-0.2, 0) is 4.74 Å². The van der Waals surface area contributed by atoms with Crippen LogP contribution in [-0.4, -0.2) is 35.7 Å². The molecule has 82 valence electrons. The highest BCUT2D eigenvalue weighted by molar-refractivity contribution is 7.11. The van der Waals surface area contributed by atoms with Gasteiger partial charge in [-0.05, 0) is 18.5 Å². The number of rotatable bonds is 2. The van der Waals surface area contributed by atoms with E-state index >= 15 is 0 Å². The second kappa shape index (κ2) is 4.26. The lowest BCUT2D eigenvalue weighted by atomic mass is 10.2. The Kier molecular flexibility index (Phi) is 3.25. The second-order valence-electron chi connectivity index (χ2n) is 2.78. The number of carbonyl (C=O) groups is 2. The number of amides is 1. The van der Waals surface area contributed by atoms with Crippen molar-refractivity contribution in [2.75, 3.05) is 19.1 Å². The average molecular weight is 230 g/mol. The maximum atomic E-state index is 11.2. The Morgan fingerprint density at radius 3 is 2.60 bits per heavy atom. The molecule has 0 fully saturated rings. The third kappa shape index (κ3) is 2.07. The van der Waals surface area contributed by atoms with Crippen molar-refractivity contribution in [3.63, 3.8) is 0 Å². The molecule has 1 rings (SSSR count). The molecule has 0 aliphatic rings. The average Bonchev–Trinajstić information content (AvgIpc) is 2.57. The zero-order valence-electron chi connectivity index (χ0n) is 8.47. The standard InChI is InChI=1S/C8H10N2O4S/c1-4-5(7(11)12)6(15-9-4)10(2)8(13)14-3/h1-3H3,(H,11,12). The molecule has 1 aromatic rings. The predicted octanol–water partition coefficient (Wildman–Crippen LogP) is 1.35. The van der Waals surface area contributed by atoms with Crippen LogP contribution in [0.4, 0.5) is 9.80 Å². The van der Waals surface area contributed by atoms with Crippen molar-refractivity contribution in [2.45, 2.75) is 6.92 Å². The summed E-state index contributed by atoms with van der Waals surface area (Å²) in [6.45, 7) is 1.58. The largest absolute Gasteiger partial charge is 0.478 e. The molecule has 0 aliphatic carbocycles. The summed E-state index contributed by atoms with van der Waals surface area (Å²) in [6.07, 6.45) is -0.624. The fraction of sp³-hybridized carbons (Fsp3) is 0.375. The van der Waals surface area contributed by atoms with Crippen molar-refractivity contribution in [1.29, 1.82) is 0 Å². The van der Waals surface area contributed by atoms with Crippen LogP contribution in [0.2, 0.25) is 0 Å². The molecular weight excluding hydrogens is 220 g/mol. The topological polar surface area (TPSA) is 79.7 Å². The number of ether oxygens (including phenoxy) is 1. The molecule has 0 unspecified atom stereocenters. The zero-order chi connectivity index (χ0) is 11.6. The van der Waals surface area contributed by atoms with Crippen molar-refractivity contribution in [3.8, 4) is 0 Å². The van der Waals surface area contributed by atoms with Gasteiger partial charge in [0, 0.05) is 7.05 Å². The molecule has 1 amide bonds. The van der Waals surface area contributed by atoms with E-state index in [1.165, 1.54) is 14.2 Å². The van der Waals surface area contributed by atoms with Gasteiger partial charge in [-0.15, -0.1) is 0 Å². The first kappa shape index (κ1) is 11.4.